The first-order valence-corrected chi connectivity index (χ1v) is 8.67. The van der Waals surface area contributed by atoms with E-state index in [1.165, 1.54) is 43.2 Å². The van der Waals surface area contributed by atoms with Crippen molar-refractivity contribution < 1.29 is 9.90 Å². The third-order valence-corrected chi connectivity index (χ3v) is 5.75. The smallest absolute Gasteiger partial charge is 0.313 e. The Labute approximate surface area is 120 Å². The number of aromatic nitrogens is 3. The van der Waals surface area contributed by atoms with Crippen LogP contribution >= 0.6 is 23.5 Å². The van der Waals surface area contributed by atoms with Crippen LogP contribution in [0.3, 0.4) is 0 Å². The number of carbonyl (C=O) groups is 1. The molecule has 19 heavy (non-hydrogen) atoms. The molecule has 1 atom stereocenters. The molecular weight excluding hydrogens is 282 g/mol. The maximum atomic E-state index is 10.7. The predicted molar refractivity (Wildman–Crippen MR) is 75.8 cm³/mol. The Morgan fingerprint density at radius 2 is 2.26 bits per heavy atom. The standard InChI is InChI=1S/C12H17N3O2S2/c16-10(17)7-19-12-14-13-11(8-3-4-8)15(12)6-9-2-1-5-18-9/h8-9H,1-7H2,(H,16,17). The van der Waals surface area contributed by atoms with Crippen molar-refractivity contribution in [3.05, 3.63) is 5.82 Å². The van der Waals surface area contributed by atoms with Crippen molar-refractivity contribution in [1.29, 1.82) is 0 Å². The highest BCUT2D eigenvalue weighted by atomic mass is 32.2. The van der Waals surface area contributed by atoms with Crippen LogP contribution < -0.4 is 0 Å². The number of hydrogen-bond donors (Lipinski definition) is 1. The van der Waals surface area contributed by atoms with Crippen molar-refractivity contribution in [3.63, 3.8) is 0 Å². The second-order valence-electron chi connectivity index (χ2n) is 5.04. The highest BCUT2D eigenvalue weighted by Gasteiger charge is 2.31. The highest BCUT2D eigenvalue weighted by Crippen LogP contribution is 2.41. The first kappa shape index (κ1) is 13.3. The van der Waals surface area contributed by atoms with E-state index in [4.69, 9.17) is 5.11 Å². The van der Waals surface area contributed by atoms with Crippen LogP contribution in [-0.4, -0.2) is 42.6 Å². The lowest BCUT2D eigenvalue weighted by Crippen LogP contribution is -2.14. The summed E-state index contributed by atoms with van der Waals surface area (Å²) in [6.45, 7) is 0.936. The molecule has 1 aromatic rings. The minimum atomic E-state index is -0.803. The number of nitrogens with zero attached hydrogens (tertiary/aromatic N) is 3. The van der Waals surface area contributed by atoms with Gasteiger partial charge in [-0.3, -0.25) is 4.79 Å². The molecule has 0 spiro atoms. The molecule has 0 aromatic carbocycles. The van der Waals surface area contributed by atoms with E-state index in [1.54, 1.807) is 0 Å². The molecule has 1 aromatic heterocycles. The number of aliphatic carboxylic acids is 1. The first-order valence-electron chi connectivity index (χ1n) is 6.63. The van der Waals surface area contributed by atoms with Crippen LogP contribution in [0.2, 0.25) is 0 Å². The molecule has 2 fully saturated rings. The zero-order valence-corrected chi connectivity index (χ0v) is 12.3. The summed E-state index contributed by atoms with van der Waals surface area (Å²) in [5.74, 6) is 2.12. The van der Waals surface area contributed by atoms with Gasteiger partial charge in [-0.05, 0) is 31.4 Å². The molecule has 0 radical (unpaired) electrons. The predicted octanol–water partition coefficient (Wildman–Crippen LogP) is 2.23. The summed E-state index contributed by atoms with van der Waals surface area (Å²) in [4.78, 5) is 10.7. The number of carboxylic acids is 1. The molecule has 0 bridgehead atoms. The Hall–Kier alpha value is -0.690. The molecule has 2 aliphatic rings. The lowest BCUT2D eigenvalue weighted by atomic mass is 10.2. The normalized spacial score (nSPS) is 22.8. The maximum Gasteiger partial charge on any atom is 0.313 e. The lowest BCUT2D eigenvalue weighted by molar-refractivity contribution is -0.133. The van der Waals surface area contributed by atoms with Crippen LogP contribution in [0.25, 0.3) is 0 Å². The fourth-order valence-corrected chi connectivity index (χ4v) is 4.27. The van der Waals surface area contributed by atoms with E-state index in [-0.39, 0.29) is 5.75 Å². The number of rotatable bonds is 6. The highest BCUT2D eigenvalue weighted by molar-refractivity contribution is 8.00. The van der Waals surface area contributed by atoms with Crippen LogP contribution in [0.15, 0.2) is 5.16 Å². The summed E-state index contributed by atoms with van der Waals surface area (Å²) in [7, 11) is 0. The largest absolute Gasteiger partial charge is 0.481 e. The van der Waals surface area contributed by atoms with E-state index in [0.717, 1.165) is 17.5 Å². The molecule has 1 N–H and O–H groups in total. The van der Waals surface area contributed by atoms with Gasteiger partial charge in [0.1, 0.15) is 5.82 Å². The monoisotopic (exact) mass is 299 g/mol. The molecule has 1 unspecified atom stereocenters. The maximum absolute atomic E-state index is 10.7. The molecule has 1 aliphatic carbocycles. The van der Waals surface area contributed by atoms with Crippen molar-refractivity contribution in [2.75, 3.05) is 11.5 Å². The molecule has 1 aliphatic heterocycles. The van der Waals surface area contributed by atoms with Gasteiger partial charge in [0.15, 0.2) is 5.16 Å². The van der Waals surface area contributed by atoms with Crippen molar-refractivity contribution in [2.45, 2.75) is 48.6 Å². The lowest BCUT2D eigenvalue weighted by Gasteiger charge is -2.13. The molecule has 7 heteroatoms. The Morgan fingerprint density at radius 1 is 1.42 bits per heavy atom. The zero-order chi connectivity index (χ0) is 13.2. The molecule has 1 saturated carbocycles. The van der Waals surface area contributed by atoms with E-state index in [2.05, 4.69) is 14.8 Å². The van der Waals surface area contributed by atoms with Crippen molar-refractivity contribution in [2.24, 2.45) is 0 Å². The zero-order valence-electron chi connectivity index (χ0n) is 10.6. The molecular formula is C12H17N3O2S2. The number of hydrogen-bond acceptors (Lipinski definition) is 5. The van der Waals surface area contributed by atoms with Crippen LogP contribution in [-0.2, 0) is 11.3 Å². The summed E-state index contributed by atoms with van der Waals surface area (Å²) in [5.41, 5.74) is 0. The van der Waals surface area contributed by atoms with Crippen LogP contribution in [0.4, 0.5) is 0 Å². The average Bonchev–Trinajstić information content (AvgIpc) is 2.95. The van der Waals surface area contributed by atoms with Gasteiger partial charge < -0.3 is 9.67 Å². The SMILES string of the molecule is O=C(O)CSc1nnc(C2CC2)n1CC1CCCS1. The number of thioether (sulfide) groups is 2. The van der Waals surface area contributed by atoms with E-state index in [1.807, 2.05) is 11.8 Å². The molecule has 1 saturated heterocycles. The summed E-state index contributed by atoms with van der Waals surface area (Å²) >= 11 is 3.30. The molecule has 5 nitrogen and oxygen atoms in total. The van der Waals surface area contributed by atoms with Gasteiger partial charge in [-0.15, -0.1) is 10.2 Å². The summed E-state index contributed by atoms with van der Waals surface area (Å²) in [5, 5.41) is 18.7. The topological polar surface area (TPSA) is 68.0 Å². The van der Waals surface area contributed by atoms with E-state index < -0.39 is 5.97 Å². The summed E-state index contributed by atoms with van der Waals surface area (Å²) in [6, 6.07) is 0. The van der Waals surface area contributed by atoms with Crippen LogP contribution in [0.5, 0.6) is 0 Å². The van der Waals surface area contributed by atoms with Crippen LogP contribution in [0, 0.1) is 0 Å². The van der Waals surface area contributed by atoms with Gasteiger partial charge >= 0.3 is 5.97 Å². The van der Waals surface area contributed by atoms with E-state index >= 15 is 0 Å². The first-order chi connectivity index (χ1) is 9.24. The van der Waals surface area contributed by atoms with Gasteiger partial charge in [-0.2, -0.15) is 11.8 Å². The van der Waals surface area contributed by atoms with Gasteiger partial charge in [-0.25, -0.2) is 0 Å². The van der Waals surface area contributed by atoms with Crippen LogP contribution in [0.1, 0.15) is 37.4 Å². The van der Waals surface area contributed by atoms with Crippen molar-refractivity contribution in [3.8, 4) is 0 Å². The van der Waals surface area contributed by atoms with Crippen molar-refractivity contribution in [1.82, 2.24) is 14.8 Å². The van der Waals surface area contributed by atoms with E-state index in [9.17, 15) is 4.79 Å². The quantitative estimate of drug-likeness (QED) is 0.812. The fraction of sp³-hybridized carbons (Fsp3) is 0.750. The Kier molecular flexibility index (Phi) is 4.02. The van der Waals surface area contributed by atoms with Crippen molar-refractivity contribution >= 4 is 29.5 Å². The Morgan fingerprint density at radius 3 is 2.89 bits per heavy atom. The van der Waals surface area contributed by atoms with Gasteiger partial charge in [0.2, 0.25) is 0 Å². The third-order valence-electron chi connectivity index (χ3n) is 3.42. The van der Waals surface area contributed by atoms with Gasteiger partial charge in [-0.1, -0.05) is 11.8 Å². The molecule has 0 amide bonds. The molecule has 3 rings (SSSR count). The Balaban J connectivity index is 1.75. The Bertz CT molecular complexity index is 468. The minimum Gasteiger partial charge on any atom is -0.481 e. The third kappa shape index (κ3) is 3.25. The second kappa shape index (κ2) is 5.75. The van der Waals surface area contributed by atoms with E-state index in [0.29, 0.717) is 11.2 Å². The second-order valence-corrected chi connectivity index (χ2v) is 7.39. The average molecular weight is 299 g/mol. The van der Waals surface area contributed by atoms with Gasteiger partial charge in [0, 0.05) is 17.7 Å². The summed E-state index contributed by atoms with van der Waals surface area (Å²) in [6.07, 6.45) is 4.92. The minimum absolute atomic E-state index is 0.0562. The van der Waals surface area contributed by atoms with Gasteiger partial charge in [0.25, 0.3) is 0 Å². The molecule has 104 valence electrons. The fourth-order valence-electron chi connectivity index (χ4n) is 2.34. The molecule has 2 heterocycles. The van der Waals surface area contributed by atoms with Gasteiger partial charge in [0.05, 0.1) is 5.75 Å². The number of carboxylic acid groups (broad SMARTS) is 1. The summed E-state index contributed by atoms with van der Waals surface area (Å²) < 4.78 is 2.17.